The van der Waals surface area contributed by atoms with Crippen molar-refractivity contribution in [3.05, 3.63) is 66.1 Å². The van der Waals surface area contributed by atoms with Crippen LogP contribution < -0.4 is 20.9 Å². The number of methoxy groups -OCH3 is 1. The highest BCUT2D eigenvalue weighted by Gasteiger charge is 2.16. The maximum atomic E-state index is 14.1. The first-order chi connectivity index (χ1) is 13.5. The van der Waals surface area contributed by atoms with E-state index in [4.69, 9.17) is 20.9 Å². The Balaban J connectivity index is 1.70. The van der Waals surface area contributed by atoms with Crippen LogP contribution in [0, 0.1) is 5.82 Å². The lowest BCUT2D eigenvalue weighted by Gasteiger charge is -2.09. The summed E-state index contributed by atoms with van der Waals surface area (Å²) in [5, 5.41) is 4.89. The van der Waals surface area contributed by atoms with Crippen molar-refractivity contribution in [3.8, 4) is 17.2 Å². The molecule has 7 nitrogen and oxygen atoms in total. The third-order valence-corrected chi connectivity index (χ3v) is 4.29. The van der Waals surface area contributed by atoms with E-state index in [2.05, 4.69) is 10.1 Å². The van der Waals surface area contributed by atoms with Crippen LogP contribution in [-0.2, 0) is 6.54 Å². The molecular formula is C20H18FN5O2. The molecule has 0 unspecified atom stereocenters. The first-order valence-corrected chi connectivity index (χ1v) is 8.52. The fraction of sp³-hybridized carbons (Fsp3) is 0.100. The molecule has 0 radical (unpaired) electrons. The van der Waals surface area contributed by atoms with Gasteiger partial charge in [-0.15, -0.1) is 0 Å². The summed E-state index contributed by atoms with van der Waals surface area (Å²) in [7, 11) is 1.62. The molecule has 0 atom stereocenters. The number of nitrogen functional groups attached to an aromatic ring is 2. The summed E-state index contributed by atoms with van der Waals surface area (Å²) in [5.41, 5.74) is 13.6. The van der Waals surface area contributed by atoms with Crippen LogP contribution in [0.25, 0.3) is 11.0 Å². The number of halogens is 1. The van der Waals surface area contributed by atoms with Gasteiger partial charge in [0.2, 0.25) is 0 Å². The average Bonchev–Trinajstić information content (AvgIpc) is 3.01. The number of pyridine rings is 1. The van der Waals surface area contributed by atoms with E-state index in [0.29, 0.717) is 29.0 Å². The van der Waals surface area contributed by atoms with E-state index in [1.54, 1.807) is 30.1 Å². The summed E-state index contributed by atoms with van der Waals surface area (Å²) >= 11 is 0. The highest BCUT2D eigenvalue weighted by atomic mass is 19.1. The number of hydrogen-bond donors (Lipinski definition) is 2. The SMILES string of the molecule is COc1ccc(Cn2nc(N)c3c(Oc4ccc(N)cc4F)ccnc32)cc1. The van der Waals surface area contributed by atoms with Gasteiger partial charge < -0.3 is 20.9 Å². The number of hydrogen-bond acceptors (Lipinski definition) is 6. The predicted octanol–water partition coefficient (Wildman–Crippen LogP) is 3.58. The first kappa shape index (κ1) is 17.6. The van der Waals surface area contributed by atoms with E-state index < -0.39 is 5.82 Å². The Kier molecular flexibility index (Phi) is 4.44. The summed E-state index contributed by atoms with van der Waals surface area (Å²) in [5.74, 6) is 0.876. The summed E-state index contributed by atoms with van der Waals surface area (Å²) < 4.78 is 26.7. The zero-order valence-electron chi connectivity index (χ0n) is 15.1. The van der Waals surface area contributed by atoms with Crippen LogP contribution in [0.4, 0.5) is 15.9 Å². The Labute approximate surface area is 160 Å². The highest BCUT2D eigenvalue weighted by molar-refractivity contribution is 5.92. The second kappa shape index (κ2) is 7.07. The Morgan fingerprint density at radius 3 is 2.54 bits per heavy atom. The Morgan fingerprint density at radius 1 is 1.04 bits per heavy atom. The quantitative estimate of drug-likeness (QED) is 0.514. The number of ether oxygens (including phenoxy) is 2. The van der Waals surface area contributed by atoms with Crippen LogP contribution in [0.5, 0.6) is 17.2 Å². The zero-order valence-corrected chi connectivity index (χ0v) is 15.1. The number of rotatable bonds is 5. The molecular weight excluding hydrogens is 361 g/mol. The van der Waals surface area contributed by atoms with Crippen molar-refractivity contribution in [2.75, 3.05) is 18.6 Å². The van der Waals surface area contributed by atoms with Gasteiger partial charge in [-0.05, 0) is 29.8 Å². The van der Waals surface area contributed by atoms with Gasteiger partial charge in [-0.2, -0.15) is 5.10 Å². The lowest BCUT2D eigenvalue weighted by molar-refractivity contribution is 0.414. The van der Waals surface area contributed by atoms with Crippen molar-refractivity contribution in [2.45, 2.75) is 6.54 Å². The molecule has 0 aliphatic rings. The van der Waals surface area contributed by atoms with Crippen molar-refractivity contribution in [1.29, 1.82) is 0 Å². The van der Waals surface area contributed by atoms with Crippen molar-refractivity contribution < 1.29 is 13.9 Å². The number of nitrogens with two attached hydrogens (primary N) is 2. The minimum atomic E-state index is -0.561. The highest BCUT2D eigenvalue weighted by Crippen LogP contribution is 2.34. The monoisotopic (exact) mass is 379 g/mol. The van der Waals surface area contributed by atoms with Crippen LogP contribution >= 0.6 is 0 Å². The third kappa shape index (κ3) is 3.27. The van der Waals surface area contributed by atoms with E-state index in [1.165, 1.54) is 12.1 Å². The predicted molar refractivity (Wildman–Crippen MR) is 105 cm³/mol. The molecule has 0 saturated carbocycles. The number of nitrogens with zero attached hydrogens (tertiary/aromatic N) is 3. The number of fused-ring (bicyclic) bond motifs is 1. The zero-order chi connectivity index (χ0) is 19.7. The van der Waals surface area contributed by atoms with Crippen molar-refractivity contribution in [1.82, 2.24) is 14.8 Å². The normalized spacial score (nSPS) is 10.9. The molecule has 0 amide bonds. The van der Waals surface area contributed by atoms with Gasteiger partial charge in [-0.25, -0.2) is 14.1 Å². The van der Waals surface area contributed by atoms with E-state index >= 15 is 0 Å². The Morgan fingerprint density at radius 2 is 1.82 bits per heavy atom. The fourth-order valence-electron chi connectivity index (χ4n) is 2.92. The summed E-state index contributed by atoms with van der Waals surface area (Å²) in [4.78, 5) is 4.37. The molecule has 0 saturated heterocycles. The summed E-state index contributed by atoms with van der Waals surface area (Å²) in [6, 6.07) is 13.5. The molecule has 8 heteroatoms. The lowest BCUT2D eigenvalue weighted by Crippen LogP contribution is -2.03. The molecule has 142 valence electrons. The molecule has 4 rings (SSSR count). The average molecular weight is 379 g/mol. The van der Waals surface area contributed by atoms with Gasteiger partial charge in [0.1, 0.15) is 16.9 Å². The minimum Gasteiger partial charge on any atom is -0.497 e. The molecule has 4 N–H and O–H groups in total. The van der Waals surface area contributed by atoms with Gasteiger partial charge in [0.25, 0.3) is 0 Å². The summed E-state index contributed by atoms with van der Waals surface area (Å²) in [6.45, 7) is 0.463. The van der Waals surface area contributed by atoms with E-state index in [9.17, 15) is 4.39 Å². The molecule has 4 aromatic rings. The van der Waals surface area contributed by atoms with E-state index in [0.717, 1.165) is 11.3 Å². The van der Waals surface area contributed by atoms with E-state index in [1.807, 2.05) is 24.3 Å². The van der Waals surface area contributed by atoms with Crippen molar-refractivity contribution >= 4 is 22.5 Å². The van der Waals surface area contributed by atoms with Gasteiger partial charge in [0.05, 0.1) is 13.7 Å². The second-order valence-corrected chi connectivity index (χ2v) is 6.19. The topological polar surface area (TPSA) is 101 Å². The largest absolute Gasteiger partial charge is 0.497 e. The molecule has 0 spiro atoms. The molecule has 0 fully saturated rings. The van der Waals surface area contributed by atoms with E-state index in [-0.39, 0.29) is 11.6 Å². The van der Waals surface area contributed by atoms with Gasteiger partial charge in [-0.3, -0.25) is 0 Å². The van der Waals surface area contributed by atoms with Crippen LogP contribution in [0.2, 0.25) is 0 Å². The Bertz CT molecular complexity index is 1140. The minimum absolute atomic E-state index is 0.0454. The van der Waals surface area contributed by atoms with Crippen molar-refractivity contribution in [3.63, 3.8) is 0 Å². The maximum Gasteiger partial charge on any atom is 0.167 e. The molecule has 0 aliphatic heterocycles. The second-order valence-electron chi connectivity index (χ2n) is 6.19. The van der Waals surface area contributed by atoms with Gasteiger partial charge >= 0.3 is 0 Å². The smallest absolute Gasteiger partial charge is 0.167 e. The van der Waals surface area contributed by atoms with Gasteiger partial charge in [0, 0.05) is 24.0 Å². The number of aromatic nitrogens is 3. The molecule has 2 aromatic carbocycles. The van der Waals surface area contributed by atoms with Crippen LogP contribution in [0.15, 0.2) is 54.7 Å². The number of benzene rings is 2. The number of anilines is 2. The summed E-state index contributed by atoms with van der Waals surface area (Å²) in [6.07, 6.45) is 1.57. The standard InChI is InChI=1S/C20H18FN5O2/c1-27-14-5-2-12(3-6-14)11-26-20-18(19(23)25-26)17(8-9-24-20)28-16-7-4-13(22)10-15(16)21/h2-10H,11,22H2,1H3,(H2,23,25). The molecule has 2 aromatic heterocycles. The van der Waals surface area contributed by atoms with Crippen LogP contribution in [0.1, 0.15) is 5.56 Å². The Hall–Kier alpha value is -3.81. The molecule has 28 heavy (non-hydrogen) atoms. The fourth-order valence-corrected chi connectivity index (χ4v) is 2.92. The molecule has 0 bridgehead atoms. The maximum absolute atomic E-state index is 14.1. The first-order valence-electron chi connectivity index (χ1n) is 8.52. The third-order valence-electron chi connectivity index (χ3n) is 4.29. The lowest BCUT2D eigenvalue weighted by atomic mass is 10.2. The van der Waals surface area contributed by atoms with Crippen LogP contribution in [-0.4, -0.2) is 21.9 Å². The van der Waals surface area contributed by atoms with Gasteiger partial charge in [0.15, 0.2) is 23.0 Å². The van der Waals surface area contributed by atoms with Crippen LogP contribution in [0.3, 0.4) is 0 Å². The van der Waals surface area contributed by atoms with Crippen molar-refractivity contribution in [2.24, 2.45) is 0 Å². The molecule has 2 heterocycles. The van der Waals surface area contributed by atoms with Gasteiger partial charge in [-0.1, -0.05) is 12.1 Å². The molecule has 0 aliphatic carbocycles.